The van der Waals surface area contributed by atoms with Gasteiger partial charge in [-0.1, -0.05) is 23.2 Å². The average Bonchev–Trinajstić information content (AvgIpc) is 3.45. The second-order valence-corrected chi connectivity index (χ2v) is 8.78. The molecule has 1 aliphatic heterocycles. The number of aromatic nitrogens is 5. The predicted molar refractivity (Wildman–Crippen MR) is 131 cm³/mol. The van der Waals surface area contributed by atoms with Crippen molar-refractivity contribution in [3.63, 3.8) is 0 Å². The third-order valence-electron chi connectivity index (χ3n) is 5.68. The van der Waals surface area contributed by atoms with Crippen molar-refractivity contribution in [1.82, 2.24) is 30.0 Å². The van der Waals surface area contributed by atoms with Crippen molar-refractivity contribution in [3.05, 3.63) is 52.9 Å². The fraction of sp³-hybridized carbons (Fsp3) is 0.261. The number of ether oxygens (including phenoxy) is 1. The van der Waals surface area contributed by atoms with Crippen LogP contribution in [0.2, 0.25) is 10.0 Å². The quantitative estimate of drug-likeness (QED) is 0.426. The lowest BCUT2D eigenvalue weighted by molar-refractivity contribution is -0.119. The van der Waals surface area contributed by atoms with E-state index < -0.39 is 0 Å². The van der Waals surface area contributed by atoms with Crippen LogP contribution in [-0.2, 0) is 11.8 Å². The Balaban J connectivity index is 1.62. The van der Waals surface area contributed by atoms with E-state index >= 15 is 0 Å². The second-order valence-electron chi connectivity index (χ2n) is 8.00. The van der Waals surface area contributed by atoms with Gasteiger partial charge >= 0.3 is 0 Å². The number of anilines is 2. The highest BCUT2D eigenvalue weighted by Gasteiger charge is 2.28. The number of amides is 1. The van der Waals surface area contributed by atoms with Crippen molar-refractivity contribution in [2.45, 2.75) is 18.9 Å². The Morgan fingerprint density at radius 2 is 2.06 bits per heavy atom. The molecule has 0 bridgehead atoms. The molecule has 11 heteroatoms. The van der Waals surface area contributed by atoms with Crippen LogP contribution in [0.3, 0.4) is 0 Å². The maximum absolute atomic E-state index is 11.8. The Morgan fingerprint density at radius 1 is 1.21 bits per heavy atom. The number of nitrogens with zero attached hydrogens (tertiary/aromatic N) is 6. The lowest BCUT2D eigenvalue weighted by atomic mass is 10.2. The average molecular weight is 498 g/mol. The van der Waals surface area contributed by atoms with Gasteiger partial charge in [0.05, 0.1) is 35.9 Å². The first-order valence-corrected chi connectivity index (χ1v) is 11.4. The number of carbonyl (C=O) groups excluding carboxylic acids is 1. The van der Waals surface area contributed by atoms with Gasteiger partial charge in [-0.3, -0.25) is 14.5 Å². The third-order valence-corrected chi connectivity index (χ3v) is 6.35. The number of benzene rings is 1. The predicted octanol–water partition coefficient (Wildman–Crippen LogP) is 4.16. The highest BCUT2D eigenvalue weighted by molar-refractivity contribution is 6.40. The fourth-order valence-corrected chi connectivity index (χ4v) is 4.64. The van der Waals surface area contributed by atoms with Gasteiger partial charge in [-0.05, 0) is 30.7 Å². The van der Waals surface area contributed by atoms with Crippen molar-refractivity contribution < 1.29 is 9.53 Å². The molecule has 1 unspecified atom stereocenters. The molecule has 1 aliphatic rings. The molecule has 1 N–H and O–H groups in total. The summed E-state index contributed by atoms with van der Waals surface area (Å²) in [6.45, 7) is 0.423. The lowest BCUT2D eigenvalue weighted by Gasteiger charge is -2.29. The molecule has 1 amide bonds. The topological polar surface area (TPSA) is 98.1 Å². The van der Waals surface area contributed by atoms with Gasteiger partial charge in [0.25, 0.3) is 0 Å². The number of hydrogen-bond donors (Lipinski definition) is 1. The standard InChI is InChI=1S/C23H21Cl2N7O2/c1-31-11-13(9-27-31)17-10-26-16-5-7-19(30-23(16)29-17)32(12-14-3-8-20(33)28-14)22-15(24)4-6-18(34-2)21(22)25/h4-7,9-11,14H,3,8,12H2,1-2H3,(H,28,33). The summed E-state index contributed by atoms with van der Waals surface area (Å²) in [6, 6.07) is 7.03. The largest absolute Gasteiger partial charge is 0.495 e. The number of nitrogens with one attached hydrogen (secondary N) is 1. The number of halogens is 2. The van der Waals surface area contributed by atoms with E-state index in [1.165, 1.54) is 0 Å². The molecule has 3 aromatic heterocycles. The zero-order valence-electron chi connectivity index (χ0n) is 18.5. The minimum absolute atomic E-state index is 0.0197. The molecule has 0 saturated carbocycles. The maximum atomic E-state index is 11.8. The normalized spacial score (nSPS) is 15.5. The van der Waals surface area contributed by atoms with E-state index in [0.717, 1.165) is 5.56 Å². The van der Waals surface area contributed by atoms with Crippen LogP contribution >= 0.6 is 23.2 Å². The van der Waals surface area contributed by atoms with Gasteiger partial charge in [-0.2, -0.15) is 5.10 Å². The molecule has 9 nitrogen and oxygen atoms in total. The van der Waals surface area contributed by atoms with Crippen LogP contribution in [0.5, 0.6) is 5.75 Å². The first-order valence-electron chi connectivity index (χ1n) is 10.6. The molecule has 4 aromatic rings. The number of carbonyl (C=O) groups is 1. The minimum Gasteiger partial charge on any atom is -0.495 e. The molecule has 0 radical (unpaired) electrons. The van der Waals surface area contributed by atoms with Crippen molar-refractivity contribution in [3.8, 4) is 17.0 Å². The Bertz CT molecular complexity index is 1390. The van der Waals surface area contributed by atoms with Crippen molar-refractivity contribution in [2.75, 3.05) is 18.6 Å². The molecule has 0 spiro atoms. The van der Waals surface area contributed by atoms with Crippen LogP contribution in [0.1, 0.15) is 12.8 Å². The van der Waals surface area contributed by atoms with E-state index in [2.05, 4.69) is 15.4 Å². The van der Waals surface area contributed by atoms with Crippen LogP contribution in [-0.4, -0.2) is 50.3 Å². The molecule has 5 rings (SSSR count). The summed E-state index contributed by atoms with van der Waals surface area (Å²) in [4.78, 5) is 27.7. The molecule has 1 saturated heterocycles. The summed E-state index contributed by atoms with van der Waals surface area (Å²) in [7, 11) is 3.39. The number of rotatable bonds is 6. The third kappa shape index (κ3) is 4.24. The summed E-state index contributed by atoms with van der Waals surface area (Å²) >= 11 is 13.3. The zero-order chi connectivity index (χ0) is 23.8. The van der Waals surface area contributed by atoms with Crippen LogP contribution in [0.25, 0.3) is 22.4 Å². The molecular weight excluding hydrogens is 477 g/mol. The van der Waals surface area contributed by atoms with Crippen molar-refractivity contribution >= 4 is 51.8 Å². The number of pyridine rings is 1. The molecule has 4 heterocycles. The number of aryl methyl sites for hydroxylation is 1. The minimum atomic E-state index is -0.0869. The summed E-state index contributed by atoms with van der Waals surface area (Å²) < 4.78 is 7.12. The SMILES string of the molecule is COc1ccc(Cl)c(N(CC2CCC(=O)N2)c2ccc3ncc(-c4cnn(C)c4)nc3n2)c1Cl. The molecule has 174 valence electrons. The van der Waals surface area contributed by atoms with E-state index in [4.69, 9.17) is 37.9 Å². The molecule has 0 aliphatic carbocycles. The fourth-order valence-electron chi connectivity index (χ4n) is 3.99. The highest BCUT2D eigenvalue weighted by atomic mass is 35.5. The summed E-state index contributed by atoms with van der Waals surface area (Å²) in [6.07, 6.45) is 6.47. The molecule has 1 atom stereocenters. The van der Waals surface area contributed by atoms with Gasteiger partial charge in [0.1, 0.15) is 22.1 Å². The number of fused-ring (bicyclic) bond motifs is 1. The Labute approximate surface area is 205 Å². The van der Waals surface area contributed by atoms with Gasteiger partial charge in [-0.25, -0.2) is 9.97 Å². The van der Waals surface area contributed by atoms with Crippen molar-refractivity contribution in [2.24, 2.45) is 7.05 Å². The van der Waals surface area contributed by atoms with Crippen molar-refractivity contribution in [1.29, 1.82) is 0 Å². The lowest BCUT2D eigenvalue weighted by Crippen LogP contribution is -2.37. The summed E-state index contributed by atoms with van der Waals surface area (Å²) in [5.74, 6) is 1.08. The van der Waals surface area contributed by atoms with Gasteiger partial charge in [0.15, 0.2) is 5.65 Å². The highest BCUT2D eigenvalue weighted by Crippen LogP contribution is 2.43. The van der Waals surface area contributed by atoms with Gasteiger partial charge < -0.3 is 15.0 Å². The van der Waals surface area contributed by atoms with E-state index in [1.54, 1.807) is 36.3 Å². The monoisotopic (exact) mass is 497 g/mol. The van der Waals surface area contributed by atoms with E-state index in [0.29, 0.717) is 63.5 Å². The van der Waals surface area contributed by atoms with Crippen LogP contribution < -0.4 is 15.0 Å². The number of methoxy groups -OCH3 is 1. The first kappa shape index (κ1) is 22.4. The Morgan fingerprint density at radius 3 is 2.76 bits per heavy atom. The zero-order valence-corrected chi connectivity index (χ0v) is 20.0. The van der Waals surface area contributed by atoms with Gasteiger partial charge in [0, 0.05) is 37.8 Å². The summed E-state index contributed by atoms with van der Waals surface area (Å²) in [5.41, 5.74) is 3.17. The van der Waals surface area contributed by atoms with E-state index in [9.17, 15) is 4.79 Å². The first-order chi connectivity index (χ1) is 16.4. The van der Waals surface area contributed by atoms with Gasteiger partial charge in [0.2, 0.25) is 5.91 Å². The van der Waals surface area contributed by atoms with E-state index in [-0.39, 0.29) is 11.9 Å². The molecule has 34 heavy (non-hydrogen) atoms. The molecule has 1 fully saturated rings. The van der Waals surface area contributed by atoms with E-state index in [1.807, 2.05) is 30.3 Å². The second kappa shape index (κ2) is 9.08. The molecule has 1 aromatic carbocycles. The summed E-state index contributed by atoms with van der Waals surface area (Å²) in [5, 5.41) is 8.00. The van der Waals surface area contributed by atoms with Crippen LogP contribution in [0.15, 0.2) is 42.9 Å². The maximum Gasteiger partial charge on any atom is 0.220 e. The van der Waals surface area contributed by atoms with Crippen LogP contribution in [0, 0.1) is 0 Å². The Hall–Kier alpha value is -3.43. The molecular formula is C23H21Cl2N7O2. The van der Waals surface area contributed by atoms with Crippen LogP contribution in [0.4, 0.5) is 11.5 Å². The number of hydrogen-bond acceptors (Lipinski definition) is 7. The Kier molecular flexibility index (Phi) is 5.97. The smallest absolute Gasteiger partial charge is 0.220 e. The van der Waals surface area contributed by atoms with Gasteiger partial charge in [-0.15, -0.1) is 0 Å².